The average molecular weight is 224 g/mol. The number of hydrogen-bond acceptors (Lipinski definition) is 2. The zero-order valence-electron chi connectivity index (χ0n) is 9.46. The molecule has 0 aliphatic carbocycles. The van der Waals surface area contributed by atoms with Gasteiger partial charge in [-0.3, -0.25) is 0 Å². The minimum atomic E-state index is -0.232. The molecular formula is C11H16N2OS. The maximum Gasteiger partial charge on any atom is 0.331 e. The Morgan fingerprint density at radius 1 is 1.20 bits per heavy atom. The molecule has 0 saturated carbocycles. The van der Waals surface area contributed by atoms with E-state index in [4.69, 9.17) is 0 Å². The quantitative estimate of drug-likeness (QED) is 0.706. The fourth-order valence-electron chi connectivity index (χ4n) is 1.39. The van der Waals surface area contributed by atoms with E-state index in [1.165, 1.54) is 9.87 Å². The summed E-state index contributed by atoms with van der Waals surface area (Å²) in [6, 6.07) is 3.79. The Bertz CT molecular complexity index is 390. The highest BCUT2D eigenvalue weighted by Gasteiger charge is 2.13. The number of hydrogen-bond donors (Lipinski definition) is 2. The van der Waals surface area contributed by atoms with Crippen molar-refractivity contribution >= 4 is 24.5 Å². The van der Waals surface area contributed by atoms with Crippen molar-refractivity contribution in [2.24, 2.45) is 0 Å². The topological polar surface area (TPSA) is 32.3 Å². The van der Waals surface area contributed by atoms with E-state index in [-0.39, 0.29) is 6.03 Å². The van der Waals surface area contributed by atoms with Gasteiger partial charge >= 0.3 is 6.03 Å². The van der Waals surface area contributed by atoms with Crippen molar-refractivity contribution in [3.8, 4) is 0 Å². The summed E-state index contributed by atoms with van der Waals surface area (Å²) in [6.07, 6.45) is 0. The predicted octanol–water partition coefficient (Wildman–Crippen LogP) is 2.60. The van der Waals surface area contributed by atoms with Crippen LogP contribution in [0.2, 0.25) is 0 Å². The van der Waals surface area contributed by atoms with E-state index < -0.39 is 0 Å². The van der Waals surface area contributed by atoms with Gasteiger partial charge in [0.2, 0.25) is 0 Å². The Kier molecular flexibility index (Phi) is 3.63. The molecule has 1 aromatic rings. The number of benzene rings is 1. The molecule has 1 N–H and O–H groups in total. The van der Waals surface area contributed by atoms with Crippen molar-refractivity contribution in [2.45, 2.75) is 20.8 Å². The van der Waals surface area contributed by atoms with E-state index in [0.717, 1.165) is 16.8 Å². The number of carbonyl (C=O) groups excluding carboxylic acids is 1. The molecule has 3 nitrogen and oxygen atoms in total. The summed E-state index contributed by atoms with van der Waals surface area (Å²) in [5.41, 5.74) is 4.23. The first-order valence-electron chi connectivity index (χ1n) is 4.76. The number of anilines is 1. The molecule has 1 aromatic carbocycles. The van der Waals surface area contributed by atoms with Crippen molar-refractivity contribution in [2.75, 3.05) is 11.4 Å². The summed E-state index contributed by atoms with van der Waals surface area (Å²) in [4.78, 5) is 11.4. The van der Waals surface area contributed by atoms with E-state index in [2.05, 4.69) is 31.1 Å². The lowest BCUT2D eigenvalue weighted by molar-refractivity contribution is 0.252. The third-order valence-corrected chi connectivity index (χ3v) is 2.84. The van der Waals surface area contributed by atoms with Crippen LogP contribution in [-0.4, -0.2) is 13.1 Å². The number of nitrogens with one attached hydrogen (secondary N) is 1. The molecule has 0 bridgehead atoms. The standard InChI is InChI=1S/C11H16N2OS/c1-7-5-9(3)10(6-8(7)2)13(15)11(14)12-4/h5-6,15H,1-4H3,(H,12,14). The highest BCUT2D eigenvalue weighted by atomic mass is 32.1. The van der Waals surface area contributed by atoms with Crippen molar-refractivity contribution < 1.29 is 4.79 Å². The highest BCUT2D eigenvalue weighted by Crippen LogP contribution is 2.25. The second kappa shape index (κ2) is 4.57. The van der Waals surface area contributed by atoms with Gasteiger partial charge in [-0.2, -0.15) is 0 Å². The molecule has 82 valence electrons. The van der Waals surface area contributed by atoms with Crippen LogP contribution in [0.15, 0.2) is 12.1 Å². The zero-order valence-corrected chi connectivity index (χ0v) is 10.4. The maximum atomic E-state index is 11.4. The fourth-order valence-corrected chi connectivity index (χ4v) is 1.70. The van der Waals surface area contributed by atoms with Crippen LogP contribution in [0.1, 0.15) is 16.7 Å². The fraction of sp³-hybridized carbons (Fsp3) is 0.364. The molecule has 1 rings (SSSR count). The lowest BCUT2D eigenvalue weighted by Crippen LogP contribution is -2.31. The van der Waals surface area contributed by atoms with E-state index >= 15 is 0 Å². The lowest BCUT2D eigenvalue weighted by Gasteiger charge is -2.18. The minimum absolute atomic E-state index is 0.232. The largest absolute Gasteiger partial charge is 0.340 e. The van der Waals surface area contributed by atoms with Gasteiger partial charge in [0.1, 0.15) is 0 Å². The number of carbonyl (C=O) groups is 1. The molecule has 0 fully saturated rings. The Labute approximate surface area is 96.0 Å². The number of rotatable bonds is 1. The van der Waals surface area contributed by atoms with Crippen LogP contribution in [-0.2, 0) is 0 Å². The second-order valence-corrected chi connectivity index (χ2v) is 3.99. The summed E-state index contributed by atoms with van der Waals surface area (Å²) >= 11 is 4.17. The van der Waals surface area contributed by atoms with Gasteiger partial charge in [-0.15, -0.1) is 0 Å². The van der Waals surface area contributed by atoms with Crippen molar-refractivity contribution in [1.29, 1.82) is 0 Å². The maximum absolute atomic E-state index is 11.4. The Morgan fingerprint density at radius 2 is 1.73 bits per heavy atom. The Hall–Kier alpha value is -1.16. The Morgan fingerprint density at radius 3 is 2.27 bits per heavy atom. The molecule has 0 aliphatic rings. The number of aryl methyl sites for hydroxylation is 3. The molecule has 0 aromatic heterocycles. The van der Waals surface area contributed by atoms with Crippen LogP contribution in [0.5, 0.6) is 0 Å². The summed E-state index contributed by atoms with van der Waals surface area (Å²) in [5.74, 6) is 0. The first-order valence-corrected chi connectivity index (χ1v) is 5.16. The van der Waals surface area contributed by atoms with Crippen molar-refractivity contribution in [3.63, 3.8) is 0 Å². The monoisotopic (exact) mass is 224 g/mol. The molecule has 0 unspecified atom stereocenters. The smallest absolute Gasteiger partial charge is 0.331 e. The molecule has 4 heteroatoms. The predicted molar refractivity (Wildman–Crippen MR) is 66.6 cm³/mol. The molecule has 15 heavy (non-hydrogen) atoms. The van der Waals surface area contributed by atoms with Crippen LogP contribution in [0.25, 0.3) is 0 Å². The van der Waals surface area contributed by atoms with Gasteiger partial charge in [-0.05, 0) is 43.5 Å². The van der Waals surface area contributed by atoms with Crippen molar-refractivity contribution in [1.82, 2.24) is 5.32 Å². The zero-order chi connectivity index (χ0) is 11.6. The molecule has 0 atom stereocenters. The van der Waals surface area contributed by atoms with Crippen molar-refractivity contribution in [3.05, 3.63) is 28.8 Å². The third kappa shape index (κ3) is 2.45. The van der Waals surface area contributed by atoms with Crippen LogP contribution in [0.4, 0.5) is 10.5 Å². The summed E-state index contributed by atoms with van der Waals surface area (Å²) in [5, 5.41) is 2.54. The van der Waals surface area contributed by atoms with Crippen LogP contribution < -0.4 is 9.62 Å². The van der Waals surface area contributed by atoms with E-state index in [1.807, 2.05) is 19.9 Å². The Balaban J connectivity index is 3.14. The number of amides is 2. The molecule has 0 aliphatic heterocycles. The van der Waals surface area contributed by atoms with E-state index in [9.17, 15) is 4.79 Å². The molecular weight excluding hydrogens is 208 g/mol. The SMILES string of the molecule is CNC(=O)N(S)c1cc(C)c(C)cc1C. The normalized spacial score (nSPS) is 9.93. The van der Waals surface area contributed by atoms with Crippen LogP contribution >= 0.6 is 12.8 Å². The molecule has 2 amide bonds. The minimum Gasteiger partial charge on any atom is -0.340 e. The van der Waals surface area contributed by atoms with Gasteiger partial charge in [0.25, 0.3) is 0 Å². The summed E-state index contributed by atoms with van der Waals surface area (Å²) in [6.45, 7) is 6.03. The third-order valence-electron chi connectivity index (χ3n) is 2.45. The van der Waals surface area contributed by atoms with Gasteiger partial charge in [0, 0.05) is 7.05 Å². The van der Waals surface area contributed by atoms with E-state index in [1.54, 1.807) is 7.05 Å². The number of nitrogens with zero attached hydrogens (tertiary/aromatic N) is 1. The summed E-state index contributed by atoms with van der Waals surface area (Å²) < 4.78 is 1.32. The highest BCUT2D eigenvalue weighted by molar-refractivity contribution is 7.82. The molecule has 0 saturated heterocycles. The molecule has 0 radical (unpaired) electrons. The van der Waals surface area contributed by atoms with Gasteiger partial charge in [-0.1, -0.05) is 18.9 Å². The summed E-state index contributed by atoms with van der Waals surface area (Å²) in [7, 11) is 1.59. The molecule has 0 spiro atoms. The number of thiol groups is 1. The average Bonchev–Trinajstić information content (AvgIpc) is 2.21. The number of urea groups is 1. The van der Waals surface area contributed by atoms with Crippen LogP contribution in [0.3, 0.4) is 0 Å². The first-order chi connectivity index (χ1) is 6.97. The molecule has 0 heterocycles. The van der Waals surface area contributed by atoms with Crippen LogP contribution in [0, 0.1) is 20.8 Å². The van der Waals surface area contributed by atoms with Gasteiger partial charge in [0.05, 0.1) is 5.69 Å². The lowest BCUT2D eigenvalue weighted by atomic mass is 10.1. The van der Waals surface area contributed by atoms with E-state index in [0.29, 0.717) is 0 Å². The van der Waals surface area contributed by atoms with Gasteiger partial charge < -0.3 is 5.32 Å². The first kappa shape index (κ1) is 11.9. The van der Waals surface area contributed by atoms with Gasteiger partial charge in [-0.25, -0.2) is 9.10 Å². The second-order valence-electron chi connectivity index (χ2n) is 3.59. The van der Waals surface area contributed by atoms with Gasteiger partial charge in [0.15, 0.2) is 0 Å².